The van der Waals surface area contributed by atoms with Crippen LogP contribution in [0, 0.1) is 6.58 Å². The van der Waals surface area contributed by atoms with Gasteiger partial charge in [-0.1, -0.05) is 6.92 Å². The fraction of sp³-hybridized carbons (Fsp3) is 0.200. The fourth-order valence-corrected chi connectivity index (χ4v) is 0.111. The van der Waals surface area contributed by atoms with Crippen molar-refractivity contribution in [2.24, 2.45) is 0 Å². The minimum absolute atomic E-state index is 1.50. The van der Waals surface area contributed by atoms with Crippen LogP contribution >= 0.6 is 0 Å². The van der Waals surface area contributed by atoms with Crippen molar-refractivity contribution >= 4 is 0 Å². The molecule has 0 amide bonds. The molecule has 0 fully saturated rings. The summed E-state index contributed by atoms with van der Waals surface area (Å²) in [6.45, 7) is 6.85. The standard InChI is InChI=1S/C5H7.2O.Rh/c1-3-5-4-2;;;/h1,3-5H,2H3;;;/q-1;;-1;/b5-4+;;;. The molecule has 0 rings (SSSR count). The van der Waals surface area contributed by atoms with Crippen LogP contribution in [0.3, 0.4) is 0 Å². The zero-order chi connectivity index (χ0) is 6.83. The summed E-state index contributed by atoms with van der Waals surface area (Å²) in [5.74, 6) is 0. The van der Waals surface area contributed by atoms with Crippen LogP contribution in [-0.4, -0.2) is 0 Å². The van der Waals surface area contributed by atoms with Gasteiger partial charge in [-0.15, -0.1) is 0 Å². The van der Waals surface area contributed by atoms with Crippen molar-refractivity contribution < 1.29 is 24.9 Å². The zero-order valence-electron chi connectivity index (χ0n) is 4.46. The van der Waals surface area contributed by atoms with Gasteiger partial charge in [-0.2, -0.15) is 6.08 Å². The zero-order valence-corrected chi connectivity index (χ0v) is 6.10. The number of hydrogen-bond acceptors (Lipinski definition) is 2. The van der Waals surface area contributed by atoms with E-state index in [4.69, 9.17) is 14.1 Å². The molecule has 0 atom stereocenters. The molecule has 0 spiro atoms. The molecule has 0 aliphatic heterocycles. The first-order valence-electron chi connectivity index (χ1n) is 1.85. The van der Waals surface area contributed by atoms with Crippen LogP contribution in [0.2, 0.25) is 0 Å². The van der Waals surface area contributed by atoms with Crippen molar-refractivity contribution in [3.63, 3.8) is 0 Å². The van der Waals surface area contributed by atoms with Crippen LogP contribution in [0.1, 0.15) is 6.92 Å². The molecule has 0 radical (unpaired) electrons. The molecule has 0 unspecified atom stereocenters. The summed E-state index contributed by atoms with van der Waals surface area (Å²) in [7, 11) is 0. The Hall–Kier alpha value is -0.137. The Balaban J connectivity index is 0. The minimum atomic E-state index is -1.67. The van der Waals surface area contributed by atoms with Gasteiger partial charge in [-0.25, -0.2) is 12.2 Å². The molecule has 0 N–H and O–H groups in total. The second kappa shape index (κ2) is 15.8. The van der Waals surface area contributed by atoms with E-state index in [0.717, 1.165) is 0 Å². The summed E-state index contributed by atoms with van der Waals surface area (Å²) in [6.07, 6.45) is 5.15. The van der Waals surface area contributed by atoms with Crippen molar-refractivity contribution in [3.8, 4) is 0 Å². The summed E-state index contributed by atoms with van der Waals surface area (Å²) in [5.41, 5.74) is 0. The maximum absolute atomic E-state index is 8.44. The first kappa shape index (κ1) is 10.8. The quantitative estimate of drug-likeness (QED) is 0.347. The Labute approximate surface area is 57.2 Å². The first-order chi connectivity index (χ1) is 3.83. The molecule has 0 aliphatic carbocycles. The van der Waals surface area contributed by atoms with Crippen LogP contribution in [0.25, 0.3) is 0 Å². The normalized spacial score (nSPS) is 8.25. The summed E-state index contributed by atoms with van der Waals surface area (Å²) in [5, 5.41) is 0. The first-order valence-corrected chi connectivity index (χ1v) is 3.19. The Morgan fingerprint density at radius 1 is 1.75 bits per heavy atom. The predicted molar refractivity (Wildman–Crippen MR) is 24.4 cm³/mol. The van der Waals surface area contributed by atoms with Crippen LogP contribution in [0.4, 0.5) is 0 Å². The van der Waals surface area contributed by atoms with Gasteiger partial charge in [-0.05, 0) is 0 Å². The van der Waals surface area contributed by atoms with Gasteiger partial charge >= 0.3 is 24.9 Å². The summed E-state index contributed by atoms with van der Waals surface area (Å²) in [4.78, 5) is 0. The fourth-order valence-electron chi connectivity index (χ4n) is 0.111. The number of allylic oxidation sites excluding steroid dienone is 3. The van der Waals surface area contributed by atoms with Gasteiger partial charge in [0.05, 0.1) is 0 Å². The van der Waals surface area contributed by atoms with Gasteiger partial charge in [0.15, 0.2) is 0 Å². The molecule has 0 aromatic heterocycles. The van der Waals surface area contributed by atoms with E-state index < -0.39 is 17.4 Å². The van der Waals surface area contributed by atoms with E-state index in [-0.39, 0.29) is 0 Å². The summed E-state index contributed by atoms with van der Waals surface area (Å²) in [6, 6.07) is 0. The van der Waals surface area contributed by atoms with Gasteiger partial charge < -0.3 is 0 Å². The van der Waals surface area contributed by atoms with Crippen molar-refractivity contribution in [1.82, 2.24) is 0 Å². The topological polar surface area (TPSA) is 40.1 Å². The van der Waals surface area contributed by atoms with Gasteiger partial charge in [0.1, 0.15) is 0 Å². The van der Waals surface area contributed by atoms with Gasteiger partial charge in [-0.3, -0.25) is 6.58 Å². The van der Waals surface area contributed by atoms with Crippen molar-refractivity contribution in [1.29, 1.82) is 0 Å². The van der Waals surface area contributed by atoms with Gasteiger partial charge in [0.25, 0.3) is 0 Å². The second-order valence-corrected chi connectivity index (χ2v) is 1.05. The Kier molecular flexibility index (Phi) is 21.3. The average molecular weight is 202 g/mol. The number of rotatable bonds is 1. The second-order valence-electron chi connectivity index (χ2n) is 0.774. The van der Waals surface area contributed by atoms with Gasteiger partial charge in [0, 0.05) is 0 Å². The molecule has 3 heteroatoms. The van der Waals surface area contributed by atoms with Crippen molar-refractivity contribution in [3.05, 3.63) is 24.8 Å². The molecule has 0 bridgehead atoms. The van der Waals surface area contributed by atoms with Crippen LogP contribution in [0.15, 0.2) is 18.2 Å². The molecule has 0 heterocycles. The molecular formula is C5H7O2Rh-2. The van der Waals surface area contributed by atoms with Crippen molar-refractivity contribution in [2.75, 3.05) is 0 Å². The van der Waals surface area contributed by atoms with Crippen molar-refractivity contribution in [2.45, 2.75) is 6.92 Å². The molecule has 2 nitrogen and oxygen atoms in total. The SMILES string of the molecule is [CH-]=C/C=C/C.[O]=[Rh][O-]. The van der Waals surface area contributed by atoms with E-state index in [2.05, 4.69) is 0 Å². The molecule has 0 aromatic carbocycles. The van der Waals surface area contributed by atoms with E-state index in [0.29, 0.717) is 0 Å². The molecule has 0 aliphatic rings. The molecule has 0 aromatic rings. The van der Waals surface area contributed by atoms with E-state index in [1.807, 2.05) is 13.0 Å². The molecule has 0 saturated heterocycles. The molecular weight excluding hydrogens is 195 g/mol. The molecule has 50 valence electrons. The number of hydrogen-bond donors (Lipinski definition) is 0. The van der Waals surface area contributed by atoms with Gasteiger partial charge in [0.2, 0.25) is 0 Å². The molecule has 0 saturated carbocycles. The summed E-state index contributed by atoms with van der Waals surface area (Å²) >= 11 is -1.67. The third kappa shape index (κ3) is 39.9. The Morgan fingerprint density at radius 3 is 2.12 bits per heavy atom. The van der Waals surface area contributed by atoms with E-state index in [1.54, 1.807) is 6.08 Å². The monoisotopic (exact) mass is 202 g/mol. The third-order valence-corrected chi connectivity index (χ3v) is 0.304. The maximum atomic E-state index is 8.44. The Morgan fingerprint density at radius 2 is 2.12 bits per heavy atom. The van der Waals surface area contributed by atoms with Crippen LogP contribution in [0.5, 0.6) is 0 Å². The van der Waals surface area contributed by atoms with E-state index in [1.165, 1.54) is 6.08 Å². The van der Waals surface area contributed by atoms with E-state index in [9.17, 15) is 0 Å². The van der Waals surface area contributed by atoms with E-state index >= 15 is 0 Å². The third-order valence-electron chi connectivity index (χ3n) is 0.304. The summed E-state index contributed by atoms with van der Waals surface area (Å²) < 4.78 is 16.9. The average Bonchev–Trinajstić information content (AvgIpc) is 1.71. The Bertz CT molecular complexity index is 78.5. The van der Waals surface area contributed by atoms with Crippen LogP contribution in [-0.2, 0) is 21.0 Å². The predicted octanol–water partition coefficient (Wildman–Crippen LogP) is 0.241. The molecule has 8 heavy (non-hydrogen) atoms. The van der Waals surface area contributed by atoms with Crippen LogP contribution < -0.4 is 3.93 Å².